The molecule has 1 heterocycles. The van der Waals surface area contributed by atoms with Crippen LogP contribution in [0.5, 0.6) is 5.75 Å². The third-order valence-corrected chi connectivity index (χ3v) is 8.82. The molecule has 4 unspecified atom stereocenters. The first kappa shape index (κ1) is 35.2. The fourth-order valence-electron chi connectivity index (χ4n) is 6.46. The van der Waals surface area contributed by atoms with E-state index in [0.717, 1.165) is 6.07 Å². The molecule has 0 radical (unpaired) electrons. The van der Waals surface area contributed by atoms with E-state index in [1.807, 2.05) is 25.7 Å². The molecule has 0 spiro atoms. The lowest BCUT2D eigenvalue weighted by atomic mass is 9.62. The Morgan fingerprint density at radius 1 is 1.13 bits per heavy atom. The standard InChI is InChI=1S/C36H36Cl2F2N2O4/c1-6-46-34(44)24-14-12-22(17-30(24)45-5)9-8-16-42-29(20-43)32(25-10-7-11-27(38)33(25)40)36(21-41,31(42)19-35(2,3)4)26-15-13-23(37)18-28(26)39/h7,10-15,17-18,29,31-32,43H,6,16,19-20H2,1-5H3. The third-order valence-electron chi connectivity index (χ3n) is 8.29. The molecular formula is C36H36Cl2F2N2O4. The van der Waals surface area contributed by atoms with E-state index in [9.17, 15) is 15.2 Å². The minimum Gasteiger partial charge on any atom is -0.496 e. The summed E-state index contributed by atoms with van der Waals surface area (Å²) >= 11 is 12.4. The van der Waals surface area contributed by atoms with Gasteiger partial charge >= 0.3 is 5.97 Å². The molecule has 1 aliphatic heterocycles. The van der Waals surface area contributed by atoms with Crippen LogP contribution in [0.15, 0.2) is 54.6 Å². The van der Waals surface area contributed by atoms with Gasteiger partial charge in [0.1, 0.15) is 28.4 Å². The van der Waals surface area contributed by atoms with Crippen LogP contribution in [-0.4, -0.2) is 54.9 Å². The first-order chi connectivity index (χ1) is 21.8. The fourth-order valence-corrected chi connectivity index (χ4v) is 6.80. The Morgan fingerprint density at radius 2 is 1.87 bits per heavy atom. The Labute approximate surface area is 278 Å². The summed E-state index contributed by atoms with van der Waals surface area (Å²) < 4.78 is 42.3. The molecule has 46 heavy (non-hydrogen) atoms. The van der Waals surface area contributed by atoms with Gasteiger partial charge in [0.05, 0.1) is 38.0 Å². The zero-order valence-corrected chi connectivity index (χ0v) is 27.8. The topological polar surface area (TPSA) is 82.8 Å². The molecule has 6 nitrogen and oxygen atoms in total. The molecule has 0 saturated carbocycles. The highest BCUT2D eigenvalue weighted by atomic mass is 35.5. The van der Waals surface area contributed by atoms with Crippen molar-refractivity contribution in [2.75, 3.05) is 26.9 Å². The van der Waals surface area contributed by atoms with Crippen LogP contribution in [0.25, 0.3) is 0 Å². The normalized spacial score (nSPS) is 21.3. The molecule has 242 valence electrons. The Kier molecular flexibility index (Phi) is 11.0. The quantitative estimate of drug-likeness (QED) is 0.197. The summed E-state index contributed by atoms with van der Waals surface area (Å²) in [5.41, 5.74) is -1.10. The van der Waals surface area contributed by atoms with Crippen molar-refractivity contribution in [3.63, 3.8) is 0 Å². The number of aliphatic hydroxyl groups excluding tert-OH is 1. The summed E-state index contributed by atoms with van der Waals surface area (Å²) in [5, 5.41) is 22.0. The first-order valence-corrected chi connectivity index (χ1v) is 15.6. The summed E-state index contributed by atoms with van der Waals surface area (Å²) in [6, 6.07) is 14.3. The number of ether oxygens (including phenoxy) is 2. The average Bonchev–Trinajstić information content (AvgIpc) is 3.25. The summed E-state index contributed by atoms with van der Waals surface area (Å²) in [6.45, 7) is 7.49. The second-order valence-electron chi connectivity index (χ2n) is 12.4. The lowest BCUT2D eigenvalue weighted by Gasteiger charge is -2.39. The number of likely N-dealkylation sites (tertiary alicyclic amines) is 1. The number of hydrogen-bond donors (Lipinski definition) is 1. The van der Waals surface area contributed by atoms with Crippen molar-refractivity contribution in [1.29, 1.82) is 5.26 Å². The minimum absolute atomic E-state index is 0.0469. The van der Waals surface area contributed by atoms with E-state index in [1.54, 1.807) is 31.2 Å². The molecule has 4 atom stereocenters. The SMILES string of the molecule is CCOC(=O)c1ccc(C#CCN2C(CO)C(c3cccc(Cl)c3F)C(C#N)(c3ccc(Cl)cc3F)C2CC(C)(C)C)cc1OC. The van der Waals surface area contributed by atoms with Crippen molar-refractivity contribution in [1.82, 2.24) is 4.90 Å². The van der Waals surface area contributed by atoms with Crippen LogP contribution in [-0.2, 0) is 10.2 Å². The molecule has 1 saturated heterocycles. The number of nitrogens with zero attached hydrogens (tertiary/aromatic N) is 2. The molecule has 1 N–H and O–H groups in total. The predicted molar refractivity (Wildman–Crippen MR) is 174 cm³/mol. The number of carbonyl (C=O) groups is 1. The van der Waals surface area contributed by atoms with Crippen LogP contribution in [0.1, 0.15) is 67.1 Å². The molecular weight excluding hydrogens is 633 g/mol. The molecule has 1 aliphatic rings. The maximum atomic E-state index is 15.9. The maximum Gasteiger partial charge on any atom is 0.341 e. The Hall–Kier alpha value is -3.66. The number of esters is 1. The van der Waals surface area contributed by atoms with Crippen LogP contribution in [0.2, 0.25) is 10.0 Å². The number of nitriles is 1. The summed E-state index contributed by atoms with van der Waals surface area (Å²) in [5.74, 6) is 3.50. The van der Waals surface area contributed by atoms with Crippen LogP contribution < -0.4 is 4.74 Å². The average molecular weight is 670 g/mol. The van der Waals surface area contributed by atoms with Gasteiger partial charge in [-0.3, -0.25) is 4.90 Å². The van der Waals surface area contributed by atoms with E-state index >= 15 is 8.78 Å². The van der Waals surface area contributed by atoms with E-state index in [2.05, 4.69) is 17.9 Å². The highest BCUT2D eigenvalue weighted by Gasteiger charge is 2.62. The van der Waals surface area contributed by atoms with Crippen molar-refractivity contribution >= 4 is 29.2 Å². The van der Waals surface area contributed by atoms with Gasteiger partial charge in [-0.2, -0.15) is 5.26 Å². The Balaban J connectivity index is 1.91. The number of rotatable bonds is 8. The van der Waals surface area contributed by atoms with Gasteiger partial charge in [0, 0.05) is 34.2 Å². The number of carbonyl (C=O) groups excluding carboxylic acids is 1. The molecule has 1 fully saturated rings. The van der Waals surface area contributed by atoms with Gasteiger partial charge in [0.25, 0.3) is 0 Å². The van der Waals surface area contributed by atoms with Crippen molar-refractivity contribution in [3.05, 3.63) is 98.5 Å². The number of halogens is 4. The van der Waals surface area contributed by atoms with Crippen LogP contribution in [0.4, 0.5) is 8.78 Å². The molecule has 0 amide bonds. The van der Waals surface area contributed by atoms with E-state index in [4.69, 9.17) is 32.7 Å². The zero-order chi connectivity index (χ0) is 33.8. The van der Waals surface area contributed by atoms with Gasteiger partial charge in [-0.05, 0) is 60.7 Å². The van der Waals surface area contributed by atoms with Crippen LogP contribution in [0, 0.1) is 40.2 Å². The maximum absolute atomic E-state index is 15.9. The third kappa shape index (κ3) is 6.87. The van der Waals surface area contributed by atoms with E-state index in [1.165, 1.54) is 31.4 Å². The van der Waals surface area contributed by atoms with E-state index in [0.29, 0.717) is 17.7 Å². The highest BCUT2D eigenvalue weighted by molar-refractivity contribution is 6.31. The van der Waals surface area contributed by atoms with Crippen LogP contribution in [0.3, 0.4) is 0 Å². The molecule has 3 aromatic rings. The van der Waals surface area contributed by atoms with Crippen LogP contribution >= 0.6 is 23.2 Å². The van der Waals surface area contributed by atoms with Gasteiger partial charge in [-0.1, -0.05) is 74.0 Å². The molecule has 0 bridgehead atoms. The monoisotopic (exact) mass is 668 g/mol. The molecule has 4 rings (SSSR count). The fraction of sp³-hybridized carbons (Fsp3) is 0.389. The summed E-state index contributed by atoms with van der Waals surface area (Å²) in [6.07, 6.45) is 0.377. The second-order valence-corrected chi connectivity index (χ2v) is 13.2. The van der Waals surface area contributed by atoms with Crippen molar-refractivity contribution < 1.29 is 28.2 Å². The Bertz CT molecular complexity index is 1710. The molecule has 0 aromatic heterocycles. The number of methoxy groups -OCH3 is 1. The summed E-state index contributed by atoms with van der Waals surface area (Å²) in [4.78, 5) is 14.2. The lowest BCUT2D eigenvalue weighted by Crippen LogP contribution is -2.46. The second kappa shape index (κ2) is 14.4. The van der Waals surface area contributed by atoms with Gasteiger partial charge in [-0.15, -0.1) is 0 Å². The first-order valence-electron chi connectivity index (χ1n) is 14.8. The zero-order valence-electron chi connectivity index (χ0n) is 26.3. The molecule has 3 aromatic carbocycles. The van der Waals surface area contributed by atoms with E-state index in [-0.39, 0.29) is 45.3 Å². The van der Waals surface area contributed by atoms with Gasteiger partial charge < -0.3 is 14.6 Å². The van der Waals surface area contributed by atoms with Gasteiger partial charge in [-0.25, -0.2) is 13.6 Å². The minimum atomic E-state index is -1.67. The van der Waals surface area contributed by atoms with Crippen molar-refractivity contribution in [2.45, 2.75) is 57.5 Å². The van der Waals surface area contributed by atoms with Gasteiger partial charge in [0.2, 0.25) is 0 Å². The summed E-state index contributed by atoms with van der Waals surface area (Å²) in [7, 11) is 1.44. The smallest absolute Gasteiger partial charge is 0.341 e. The van der Waals surface area contributed by atoms with Gasteiger partial charge in [0.15, 0.2) is 0 Å². The molecule has 10 heteroatoms. The van der Waals surface area contributed by atoms with E-state index < -0.39 is 47.6 Å². The highest BCUT2D eigenvalue weighted by Crippen LogP contribution is 2.56. The van der Waals surface area contributed by atoms with Crippen molar-refractivity contribution in [2.24, 2.45) is 5.41 Å². The number of benzene rings is 3. The number of hydrogen-bond acceptors (Lipinski definition) is 6. The van der Waals surface area contributed by atoms with Crippen molar-refractivity contribution in [3.8, 4) is 23.7 Å². The molecule has 0 aliphatic carbocycles. The Morgan fingerprint density at radius 3 is 2.48 bits per heavy atom. The number of aliphatic hydroxyl groups is 1. The lowest BCUT2D eigenvalue weighted by molar-refractivity contribution is 0.0522. The predicted octanol–water partition coefficient (Wildman–Crippen LogP) is 7.54. The largest absolute Gasteiger partial charge is 0.496 e.